The predicted octanol–water partition coefficient (Wildman–Crippen LogP) is 1.95. The number of hydrogen-bond donors (Lipinski definition) is 6. The second kappa shape index (κ2) is 14.3. The third-order valence-electron chi connectivity index (χ3n) is 11.6. The highest BCUT2D eigenvalue weighted by molar-refractivity contribution is 5.75. The molecule has 1 aliphatic carbocycles. The highest BCUT2D eigenvalue weighted by atomic mass is 16.6. The maximum absolute atomic E-state index is 11.2. The van der Waals surface area contributed by atoms with Gasteiger partial charge in [0, 0.05) is 37.7 Å². The summed E-state index contributed by atoms with van der Waals surface area (Å²) in [6.45, 7) is 14.6. The normalized spacial score (nSPS) is 36.4. The molecule has 1 aromatic rings. The molecule has 1 aromatic carbocycles. The first-order valence-corrected chi connectivity index (χ1v) is 18.0. The molecule has 0 spiro atoms. The first-order chi connectivity index (χ1) is 22.4. The zero-order chi connectivity index (χ0) is 33.6. The van der Waals surface area contributed by atoms with Gasteiger partial charge in [0.1, 0.15) is 24.5 Å². The number of hydrogen-bond acceptors (Lipinski definition) is 12. The van der Waals surface area contributed by atoms with E-state index in [2.05, 4.69) is 95.4 Å². The van der Waals surface area contributed by atoms with Crippen LogP contribution in [0.4, 0.5) is 11.4 Å². The number of benzene rings is 1. The fraction of sp³-hybridized carbons (Fsp3) is 0.829. The van der Waals surface area contributed by atoms with E-state index >= 15 is 0 Å². The Bertz CT molecular complexity index is 1200. The van der Waals surface area contributed by atoms with Crippen molar-refractivity contribution in [3.63, 3.8) is 0 Å². The third-order valence-corrected chi connectivity index (χ3v) is 11.6. The molecule has 0 bridgehead atoms. The molecule has 3 saturated heterocycles. The summed E-state index contributed by atoms with van der Waals surface area (Å²) in [5, 5.41) is 33.4. The highest BCUT2D eigenvalue weighted by Gasteiger charge is 2.54. The number of fused-ring (bicyclic) bond motifs is 2. The van der Waals surface area contributed by atoms with Gasteiger partial charge in [-0.15, -0.1) is 0 Å². The molecule has 6 rings (SSSR count). The van der Waals surface area contributed by atoms with Crippen molar-refractivity contribution in [3.05, 3.63) is 23.8 Å². The second-order valence-electron chi connectivity index (χ2n) is 15.8. The van der Waals surface area contributed by atoms with Crippen LogP contribution in [0.15, 0.2) is 18.2 Å². The van der Waals surface area contributed by atoms with Crippen LogP contribution < -0.4 is 21.7 Å². The van der Waals surface area contributed by atoms with Crippen LogP contribution in [0.3, 0.4) is 0 Å². The average molecular weight is 659 g/mol. The second-order valence-corrected chi connectivity index (χ2v) is 15.8. The molecule has 0 amide bonds. The summed E-state index contributed by atoms with van der Waals surface area (Å²) in [6.07, 6.45) is 2.81. The van der Waals surface area contributed by atoms with Gasteiger partial charge in [0.2, 0.25) is 0 Å². The maximum Gasteiger partial charge on any atom is 0.142 e. The molecule has 5 aliphatic rings. The molecule has 12 heteroatoms. The minimum Gasteiger partial charge on any atom is -0.387 e. The van der Waals surface area contributed by atoms with Gasteiger partial charge in [-0.1, -0.05) is 26.8 Å². The van der Waals surface area contributed by atoms with E-state index in [0.29, 0.717) is 37.8 Å². The van der Waals surface area contributed by atoms with Crippen molar-refractivity contribution < 1.29 is 19.7 Å². The summed E-state index contributed by atoms with van der Waals surface area (Å²) >= 11 is 0. The van der Waals surface area contributed by atoms with E-state index in [4.69, 9.17) is 15.2 Å². The fourth-order valence-corrected chi connectivity index (χ4v) is 8.84. The van der Waals surface area contributed by atoms with Crippen LogP contribution in [0.1, 0.15) is 72.3 Å². The van der Waals surface area contributed by atoms with Crippen molar-refractivity contribution in [2.75, 3.05) is 57.8 Å². The SMILES string of the molecule is CCCN1CN(C)C2C(NCN2[C@@H]2O[C@H](CN(C(C)C)C3CC(CCC4Nc5ccc(C(C)(C)COC)cc5N4)C3)[C@@H](O)[C@H]2O)C1N. The Kier molecular flexibility index (Phi) is 10.8. The van der Waals surface area contributed by atoms with E-state index in [1.54, 1.807) is 7.11 Å². The molecular weight excluding hydrogens is 596 g/mol. The van der Waals surface area contributed by atoms with Crippen molar-refractivity contribution in [2.24, 2.45) is 11.7 Å². The summed E-state index contributed by atoms with van der Waals surface area (Å²) in [5.41, 5.74) is 10.3. The average Bonchev–Trinajstić information content (AvgIpc) is 3.70. The van der Waals surface area contributed by atoms with E-state index in [-0.39, 0.29) is 30.0 Å². The summed E-state index contributed by atoms with van der Waals surface area (Å²) in [4.78, 5) is 9.23. The van der Waals surface area contributed by atoms with Gasteiger partial charge in [0.25, 0.3) is 0 Å². The lowest BCUT2D eigenvalue weighted by Gasteiger charge is -2.48. The van der Waals surface area contributed by atoms with Crippen molar-refractivity contribution >= 4 is 11.4 Å². The topological polar surface area (TPSA) is 134 Å². The van der Waals surface area contributed by atoms with Crippen LogP contribution in [0, 0.1) is 5.92 Å². The number of rotatable bonds is 13. The lowest BCUT2D eigenvalue weighted by atomic mass is 9.76. The van der Waals surface area contributed by atoms with Gasteiger partial charge in [-0.2, -0.15) is 0 Å². The number of ether oxygens (including phenoxy) is 2. The molecule has 47 heavy (non-hydrogen) atoms. The van der Waals surface area contributed by atoms with Crippen molar-refractivity contribution in [2.45, 2.75) is 133 Å². The number of nitrogens with zero attached hydrogens (tertiary/aromatic N) is 4. The van der Waals surface area contributed by atoms with E-state index in [1.165, 1.54) is 23.4 Å². The minimum absolute atomic E-state index is 0.00140. The van der Waals surface area contributed by atoms with Gasteiger partial charge in [-0.3, -0.25) is 20.0 Å². The van der Waals surface area contributed by atoms with Crippen LogP contribution in [0.5, 0.6) is 0 Å². The molecule has 4 fully saturated rings. The minimum atomic E-state index is -0.973. The zero-order valence-corrected chi connectivity index (χ0v) is 29.7. The number of likely N-dealkylation sites (N-methyl/N-ethyl adjacent to an activating group) is 1. The zero-order valence-electron chi connectivity index (χ0n) is 29.7. The Morgan fingerprint density at radius 1 is 1.13 bits per heavy atom. The van der Waals surface area contributed by atoms with Crippen LogP contribution in [-0.2, 0) is 14.9 Å². The van der Waals surface area contributed by atoms with Crippen molar-refractivity contribution in [1.29, 1.82) is 0 Å². The quantitative estimate of drug-likeness (QED) is 0.185. The molecule has 4 aliphatic heterocycles. The molecule has 7 N–H and O–H groups in total. The predicted molar refractivity (Wildman–Crippen MR) is 186 cm³/mol. The molecule has 266 valence electrons. The lowest BCUT2D eigenvalue weighted by molar-refractivity contribution is -0.142. The first kappa shape index (κ1) is 35.3. The van der Waals surface area contributed by atoms with Crippen LogP contribution in [0.2, 0.25) is 0 Å². The molecule has 1 saturated carbocycles. The number of methoxy groups -OCH3 is 1. The molecule has 0 aromatic heterocycles. The number of aliphatic hydroxyl groups excluding tert-OH is 2. The Morgan fingerprint density at radius 3 is 2.57 bits per heavy atom. The summed E-state index contributed by atoms with van der Waals surface area (Å²) in [5.74, 6) is 0.684. The Balaban J connectivity index is 0.989. The van der Waals surface area contributed by atoms with Crippen LogP contribution in [-0.4, -0.2) is 138 Å². The molecule has 8 atom stereocenters. The Labute approximate surface area is 282 Å². The van der Waals surface area contributed by atoms with Crippen LogP contribution >= 0.6 is 0 Å². The first-order valence-electron chi connectivity index (χ1n) is 18.0. The van der Waals surface area contributed by atoms with Crippen molar-refractivity contribution in [3.8, 4) is 0 Å². The molecule has 12 nitrogen and oxygen atoms in total. The number of anilines is 2. The Hall–Kier alpha value is -1.58. The molecule has 0 radical (unpaired) electrons. The van der Waals surface area contributed by atoms with E-state index in [0.717, 1.165) is 38.9 Å². The van der Waals surface area contributed by atoms with Gasteiger partial charge in [-0.05, 0) is 76.6 Å². The summed E-state index contributed by atoms with van der Waals surface area (Å²) < 4.78 is 12.0. The fourth-order valence-electron chi connectivity index (χ4n) is 8.84. The van der Waals surface area contributed by atoms with Crippen molar-refractivity contribution in [1.82, 2.24) is 24.9 Å². The van der Waals surface area contributed by atoms with Gasteiger partial charge in [-0.25, -0.2) is 4.90 Å². The lowest BCUT2D eigenvalue weighted by Crippen LogP contribution is -2.69. The standard InChI is InChI=1S/C35H62N8O4/c1-8-13-41-20-40(6)33-29(32(41)36)37-19-43(33)34-31(45)30(44)27(47-34)17-42(21(2)3)24-14-22(15-24)9-12-28-38-25-11-10-23(16-26(25)39-28)35(4,5)18-46-7/h10-11,16,21-22,24,27-34,37-39,44-45H,8-9,12-15,17-20,36H2,1-7H3/t22?,24?,27-,28?,29?,30-,31-,32?,33?,34-/m1/s1. The summed E-state index contributed by atoms with van der Waals surface area (Å²) in [7, 11) is 3.86. The third kappa shape index (κ3) is 7.06. The highest BCUT2D eigenvalue weighted by Crippen LogP contribution is 2.40. The largest absolute Gasteiger partial charge is 0.387 e. The van der Waals surface area contributed by atoms with Gasteiger partial charge in [0.05, 0.1) is 55.9 Å². The van der Waals surface area contributed by atoms with Gasteiger partial charge in [0.15, 0.2) is 0 Å². The number of nitrogens with one attached hydrogen (secondary N) is 3. The Morgan fingerprint density at radius 2 is 1.87 bits per heavy atom. The smallest absolute Gasteiger partial charge is 0.142 e. The molecule has 4 heterocycles. The monoisotopic (exact) mass is 658 g/mol. The van der Waals surface area contributed by atoms with E-state index < -0.39 is 24.5 Å². The van der Waals surface area contributed by atoms with E-state index in [1.807, 2.05) is 0 Å². The summed E-state index contributed by atoms with van der Waals surface area (Å²) in [6, 6.07) is 7.50. The molecular formula is C35H62N8O4. The number of aliphatic hydroxyl groups is 2. The number of nitrogens with two attached hydrogens (primary N) is 1. The van der Waals surface area contributed by atoms with Crippen LogP contribution in [0.25, 0.3) is 0 Å². The van der Waals surface area contributed by atoms with E-state index in [9.17, 15) is 10.2 Å². The maximum atomic E-state index is 11.2. The molecule has 4 unspecified atom stereocenters. The van der Waals surface area contributed by atoms with Gasteiger partial charge >= 0.3 is 0 Å². The van der Waals surface area contributed by atoms with Gasteiger partial charge < -0.3 is 36.1 Å².